The molecule has 1 aromatic carbocycles. The Morgan fingerprint density at radius 2 is 1.87 bits per heavy atom. The van der Waals surface area contributed by atoms with E-state index in [0.29, 0.717) is 34.5 Å². The summed E-state index contributed by atoms with van der Waals surface area (Å²) in [5, 5.41) is 7.12. The van der Waals surface area contributed by atoms with E-state index in [1.165, 1.54) is 12.7 Å². The summed E-state index contributed by atoms with van der Waals surface area (Å²) in [6.07, 6.45) is 7.15. The molecule has 9 heteroatoms. The number of nitrogens with zero attached hydrogens (tertiary/aromatic N) is 4. The third-order valence-electron chi connectivity index (χ3n) is 6.36. The zero-order valence-corrected chi connectivity index (χ0v) is 25.0. The number of amides is 1. The minimum absolute atomic E-state index is 0.00463. The Balaban J connectivity index is 0.00000170. The molecule has 1 atom stereocenters. The van der Waals surface area contributed by atoms with Crippen LogP contribution in [0, 0.1) is 0 Å². The van der Waals surface area contributed by atoms with E-state index in [1.807, 2.05) is 55.3 Å². The lowest BCUT2D eigenvalue weighted by Crippen LogP contribution is -2.55. The van der Waals surface area contributed by atoms with Gasteiger partial charge in [-0.3, -0.25) is 4.79 Å². The fourth-order valence-electron chi connectivity index (χ4n) is 4.31. The Morgan fingerprint density at radius 3 is 2.46 bits per heavy atom. The van der Waals surface area contributed by atoms with Crippen molar-refractivity contribution in [1.29, 1.82) is 0 Å². The summed E-state index contributed by atoms with van der Waals surface area (Å²) < 4.78 is 0. The van der Waals surface area contributed by atoms with Crippen LogP contribution >= 0.6 is 11.6 Å². The topological polar surface area (TPSA) is 99.4 Å². The number of hydrogen-bond donors (Lipinski definition) is 3. The molecule has 1 amide bonds. The first kappa shape index (κ1) is 31.7. The number of carbonyl (C=O) groups excluding carboxylic acids is 1. The molecule has 8 nitrogen and oxygen atoms in total. The highest BCUT2D eigenvalue weighted by Crippen LogP contribution is 2.33. The molecule has 0 spiro atoms. The number of allylic oxidation sites excluding steroid dienone is 3. The van der Waals surface area contributed by atoms with Crippen molar-refractivity contribution in [3.05, 3.63) is 71.3 Å². The van der Waals surface area contributed by atoms with Gasteiger partial charge in [0.15, 0.2) is 0 Å². The lowest BCUT2D eigenvalue weighted by atomic mass is 9.97. The van der Waals surface area contributed by atoms with Gasteiger partial charge in [-0.25, -0.2) is 9.97 Å². The highest BCUT2D eigenvalue weighted by atomic mass is 35.5. The molecule has 39 heavy (non-hydrogen) atoms. The van der Waals surface area contributed by atoms with Crippen LogP contribution in [0.3, 0.4) is 0 Å². The second-order valence-electron chi connectivity index (χ2n) is 9.53. The summed E-state index contributed by atoms with van der Waals surface area (Å²) in [7, 11) is 0. The van der Waals surface area contributed by atoms with Crippen LogP contribution in [0.2, 0.25) is 5.02 Å². The van der Waals surface area contributed by atoms with Crippen molar-refractivity contribution in [3.63, 3.8) is 0 Å². The predicted molar refractivity (Wildman–Crippen MR) is 166 cm³/mol. The quantitative estimate of drug-likeness (QED) is 0.323. The van der Waals surface area contributed by atoms with E-state index in [1.54, 1.807) is 0 Å². The maximum atomic E-state index is 13.2. The van der Waals surface area contributed by atoms with E-state index in [4.69, 9.17) is 17.3 Å². The van der Waals surface area contributed by atoms with Crippen molar-refractivity contribution in [1.82, 2.24) is 20.2 Å². The maximum Gasteiger partial charge on any atom is 0.242 e. The monoisotopic (exact) mass is 553 g/mol. The van der Waals surface area contributed by atoms with Crippen LogP contribution in [0.4, 0.5) is 17.3 Å². The summed E-state index contributed by atoms with van der Waals surface area (Å²) in [5.74, 6) is 0.843. The molecular formula is C30H44ClN7O. The van der Waals surface area contributed by atoms with Crippen molar-refractivity contribution in [3.8, 4) is 0 Å². The lowest BCUT2D eigenvalue weighted by molar-refractivity contribution is -0.131. The lowest BCUT2D eigenvalue weighted by Gasteiger charge is -2.41. The molecule has 0 aliphatic carbocycles. The number of nitrogens with one attached hydrogen (secondary N) is 2. The van der Waals surface area contributed by atoms with Gasteiger partial charge in [0.2, 0.25) is 5.91 Å². The van der Waals surface area contributed by atoms with E-state index in [2.05, 4.69) is 59.8 Å². The maximum absolute atomic E-state index is 13.2. The number of nitrogen functional groups attached to an aromatic ring is 1. The van der Waals surface area contributed by atoms with E-state index >= 15 is 0 Å². The third-order valence-corrected chi connectivity index (χ3v) is 6.61. The van der Waals surface area contributed by atoms with Crippen LogP contribution in [-0.2, 0) is 4.79 Å². The number of halogens is 1. The van der Waals surface area contributed by atoms with Crippen LogP contribution in [-0.4, -0.2) is 53.0 Å². The van der Waals surface area contributed by atoms with Gasteiger partial charge < -0.3 is 26.2 Å². The molecule has 1 aliphatic rings. The van der Waals surface area contributed by atoms with Gasteiger partial charge in [0, 0.05) is 47.7 Å². The van der Waals surface area contributed by atoms with E-state index in [9.17, 15) is 4.79 Å². The van der Waals surface area contributed by atoms with Crippen molar-refractivity contribution >= 4 is 40.4 Å². The van der Waals surface area contributed by atoms with Gasteiger partial charge in [0.05, 0.1) is 12.1 Å². The largest absolute Gasteiger partial charge is 0.383 e. The summed E-state index contributed by atoms with van der Waals surface area (Å²) in [6, 6.07) is 7.86. The second-order valence-corrected chi connectivity index (χ2v) is 9.97. The average Bonchev–Trinajstić information content (AvgIpc) is 2.92. The Bertz CT molecular complexity index is 1160. The number of piperazine rings is 1. The van der Waals surface area contributed by atoms with E-state index in [-0.39, 0.29) is 18.5 Å². The number of nitrogens with two attached hydrogens (primary N) is 1. The van der Waals surface area contributed by atoms with Gasteiger partial charge in [0.25, 0.3) is 0 Å². The predicted octanol–water partition coefficient (Wildman–Crippen LogP) is 6.10. The second kappa shape index (κ2) is 15.8. The van der Waals surface area contributed by atoms with Gasteiger partial charge in [0.1, 0.15) is 18.0 Å². The van der Waals surface area contributed by atoms with Gasteiger partial charge in [-0.05, 0) is 57.7 Å². The molecular weight excluding hydrogens is 510 g/mol. The van der Waals surface area contributed by atoms with Gasteiger partial charge >= 0.3 is 0 Å². The van der Waals surface area contributed by atoms with Crippen LogP contribution in [0.1, 0.15) is 59.9 Å². The molecule has 0 bridgehead atoms. The molecule has 1 aliphatic heterocycles. The van der Waals surface area contributed by atoms with E-state index < -0.39 is 0 Å². The van der Waals surface area contributed by atoms with Crippen molar-refractivity contribution in [2.45, 2.75) is 60.4 Å². The summed E-state index contributed by atoms with van der Waals surface area (Å²) in [6.45, 7) is 18.8. The highest BCUT2D eigenvalue weighted by molar-refractivity contribution is 6.30. The van der Waals surface area contributed by atoms with Gasteiger partial charge in [-0.2, -0.15) is 0 Å². The summed E-state index contributed by atoms with van der Waals surface area (Å²) >= 11 is 6.03. The molecule has 4 N–H and O–H groups in total. The Kier molecular flexibility index (Phi) is 12.8. The number of aromatic nitrogens is 2. The standard InChI is InChI=1S/C27H36ClN7O.C3H8/c1-6-12-30-20(5)24(18(3)7-2)25-26(29)32-17-33-27(25)31-15-23(36)35-14-13-34(16-19(35)4)22-10-8-21(28)9-11-22;1-3-2/h6,8-12,17,19,30H,5,7,13-16H2,1-4H3,(H3,29,31,32,33);3H2,1-2H3/b12-6-,24-18+;/t19-;/m0./s1. The van der Waals surface area contributed by atoms with Crippen molar-refractivity contribution in [2.75, 3.05) is 42.1 Å². The SMILES string of the molecule is C=C(N/C=C\C)/C(=C(/C)CC)c1c(N)ncnc1NCC(=O)N1CCN(c2ccc(Cl)cc2)C[C@@H]1C.CCC. The average molecular weight is 554 g/mol. The zero-order valence-electron chi connectivity index (χ0n) is 24.2. The zero-order chi connectivity index (χ0) is 28.9. The van der Waals surface area contributed by atoms with Gasteiger partial charge in [-0.1, -0.05) is 57.0 Å². The minimum Gasteiger partial charge on any atom is -0.383 e. The minimum atomic E-state index is 0.00463. The third kappa shape index (κ3) is 8.75. The molecule has 0 radical (unpaired) electrons. The molecule has 0 unspecified atom stereocenters. The number of hydrogen-bond acceptors (Lipinski definition) is 7. The normalized spacial score (nSPS) is 15.8. The van der Waals surface area contributed by atoms with Crippen LogP contribution < -0.4 is 21.3 Å². The first-order valence-corrected chi connectivity index (χ1v) is 14.0. The molecule has 3 rings (SSSR count). The molecule has 1 fully saturated rings. The fourth-order valence-corrected chi connectivity index (χ4v) is 4.44. The number of carbonyl (C=O) groups is 1. The van der Waals surface area contributed by atoms with Crippen LogP contribution in [0.5, 0.6) is 0 Å². The number of rotatable bonds is 9. The smallest absolute Gasteiger partial charge is 0.242 e. The Morgan fingerprint density at radius 1 is 1.21 bits per heavy atom. The fraction of sp³-hybridized carbons (Fsp3) is 0.433. The molecule has 1 aromatic heterocycles. The number of benzene rings is 1. The molecule has 2 heterocycles. The van der Waals surface area contributed by atoms with E-state index in [0.717, 1.165) is 36.3 Å². The molecule has 2 aromatic rings. The van der Waals surface area contributed by atoms with Crippen LogP contribution in [0.25, 0.3) is 5.57 Å². The molecule has 0 saturated carbocycles. The Labute approximate surface area is 239 Å². The number of anilines is 3. The van der Waals surface area contributed by atoms with Gasteiger partial charge in [-0.15, -0.1) is 0 Å². The summed E-state index contributed by atoms with van der Waals surface area (Å²) in [4.78, 5) is 26.0. The molecule has 1 saturated heterocycles. The van der Waals surface area contributed by atoms with Crippen molar-refractivity contribution in [2.24, 2.45) is 0 Å². The van der Waals surface area contributed by atoms with Crippen LogP contribution in [0.15, 0.2) is 60.7 Å². The highest BCUT2D eigenvalue weighted by Gasteiger charge is 2.28. The Hall–Kier alpha value is -3.52. The first-order chi connectivity index (χ1) is 18.7. The molecule has 212 valence electrons. The summed E-state index contributed by atoms with van der Waals surface area (Å²) in [5.41, 5.74) is 10.7. The van der Waals surface area contributed by atoms with Crippen molar-refractivity contribution < 1.29 is 4.79 Å². The first-order valence-electron chi connectivity index (χ1n) is 13.6.